The van der Waals surface area contributed by atoms with Gasteiger partial charge in [-0.1, -0.05) is 32.6 Å². The van der Waals surface area contributed by atoms with E-state index >= 15 is 0 Å². The molecule has 0 radical (unpaired) electrons. The number of aliphatic carboxylic acids is 1. The van der Waals surface area contributed by atoms with Crippen LogP contribution < -0.4 is 0 Å². The van der Waals surface area contributed by atoms with Crippen LogP contribution in [0.4, 0.5) is 0 Å². The lowest BCUT2D eigenvalue weighted by Gasteiger charge is -2.22. The molecule has 0 spiro atoms. The molecule has 118 valence electrons. The molecule has 5 nitrogen and oxygen atoms in total. The number of thioether (sulfide) groups is 1. The minimum atomic E-state index is -0.899. The molecule has 0 fully saturated rings. The highest BCUT2D eigenvalue weighted by molar-refractivity contribution is 8.00. The Morgan fingerprint density at radius 2 is 1.65 bits per heavy atom. The molecule has 0 rings (SSSR count). The monoisotopic (exact) mass is 305 g/mol. The van der Waals surface area contributed by atoms with Gasteiger partial charge in [0.2, 0.25) is 5.91 Å². The first-order valence-electron chi connectivity index (χ1n) is 7.30. The average Bonchev–Trinajstić information content (AvgIpc) is 2.41. The summed E-state index contributed by atoms with van der Waals surface area (Å²) in [4.78, 5) is 24.1. The summed E-state index contributed by atoms with van der Waals surface area (Å²) in [6.07, 6.45) is 6.26. The smallest absolute Gasteiger partial charge is 0.313 e. The van der Waals surface area contributed by atoms with Crippen LogP contribution in [0.2, 0.25) is 0 Å². The molecule has 0 saturated heterocycles. The SMILES string of the molecule is CCCCCCCN(CCCO)C(=O)CSCC(=O)O. The summed E-state index contributed by atoms with van der Waals surface area (Å²) in [7, 11) is 0. The van der Waals surface area contributed by atoms with Crippen LogP contribution in [-0.2, 0) is 9.59 Å². The van der Waals surface area contributed by atoms with E-state index in [1.165, 1.54) is 19.3 Å². The molecule has 1 amide bonds. The van der Waals surface area contributed by atoms with Gasteiger partial charge in [0, 0.05) is 19.7 Å². The maximum Gasteiger partial charge on any atom is 0.313 e. The molecule has 0 saturated carbocycles. The Labute approximate surface area is 125 Å². The van der Waals surface area contributed by atoms with Crippen molar-refractivity contribution in [2.75, 3.05) is 31.2 Å². The number of carbonyl (C=O) groups excluding carboxylic acids is 1. The first kappa shape index (κ1) is 19.2. The fourth-order valence-electron chi connectivity index (χ4n) is 1.85. The van der Waals surface area contributed by atoms with Crippen LogP contribution in [-0.4, -0.2) is 58.2 Å². The molecular formula is C14H27NO4S. The molecule has 0 aromatic carbocycles. The Balaban J connectivity index is 3.97. The number of hydrogen-bond donors (Lipinski definition) is 2. The molecule has 0 bridgehead atoms. The molecule has 0 aliphatic heterocycles. The van der Waals surface area contributed by atoms with Crippen molar-refractivity contribution >= 4 is 23.6 Å². The minimum absolute atomic E-state index is 0.0276. The number of carbonyl (C=O) groups is 2. The lowest BCUT2D eigenvalue weighted by atomic mass is 10.1. The predicted octanol–water partition coefficient (Wildman–Crippen LogP) is 1.99. The number of carboxylic acid groups (broad SMARTS) is 1. The van der Waals surface area contributed by atoms with Crippen molar-refractivity contribution in [1.29, 1.82) is 0 Å². The quantitative estimate of drug-likeness (QED) is 0.509. The lowest BCUT2D eigenvalue weighted by molar-refractivity contribution is -0.133. The van der Waals surface area contributed by atoms with Crippen LogP contribution in [0.5, 0.6) is 0 Å². The van der Waals surface area contributed by atoms with Crippen molar-refractivity contribution in [3.63, 3.8) is 0 Å². The van der Waals surface area contributed by atoms with Gasteiger partial charge in [0.15, 0.2) is 0 Å². The number of rotatable bonds is 13. The summed E-state index contributed by atoms with van der Waals surface area (Å²) in [5.74, 6) is -0.771. The van der Waals surface area contributed by atoms with Gasteiger partial charge in [0.05, 0.1) is 11.5 Å². The normalized spacial score (nSPS) is 10.5. The van der Waals surface area contributed by atoms with E-state index in [1.54, 1.807) is 4.90 Å². The van der Waals surface area contributed by atoms with E-state index < -0.39 is 5.97 Å². The summed E-state index contributed by atoms with van der Waals surface area (Å²) < 4.78 is 0. The van der Waals surface area contributed by atoms with Gasteiger partial charge in [0.25, 0.3) is 0 Å². The highest BCUT2D eigenvalue weighted by Gasteiger charge is 2.13. The molecule has 0 heterocycles. The summed E-state index contributed by atoms with van der Waals surface area (Å²) >= 11 is 1.13. The van der Waals surface area contributed by atoms with Crippen LogP contribution in [0, 0.1) is 0 Å². The minimum Gasteiger partial charge on any atom is -0.481 e. The molecular weight excluding hydrogens is 278 g/mol. The van der Waals surface area contributed by atoms with Gasteiger partial charge < -0.3 is 15.1 Å². The Kier molecular flexibility index (Phi) is 12.7. The highest BCUT2D eigenvalue weighted by Crippen LogP contribution is 2.07. The summed E-state index contributed by atoms with van der Waals surface area (Å²) in [5, 5.41) is 17.4. The molecule has 0 atom stereocenters. The van der Waals surface area contributed by atoms with E-state index in [2.05, 4.69) is 6.92 Å². The lowest BCUT2D eigenvalue weighted by Crippen LogP contribution is -2.35. The zero-order valence-corrected chi connectivity index (χ0v) is 13.2. The zero-order valence-electron chi connectivity index (χ0n) is 12.3. The third-order valence-corrected chi connectivity index (χ3v) is 3.82. The van der Waals surface area contributed by atoms with E-state index in [0.29, 0.717) is 19.5 Å². The van der Waals surface area contributed by atoms with Crippen LogP contribution in [0.1, 0.15) is 45.4 Å². The fraction of sp³-hybridized carbons (Fsp3) is 0.857. The first-order valence-corrected chi connectivity index (χ1v) is 8.45. The Hall–Kier alpha value is -0.750. The number of nitrogens with zero attached hydrogens (tertiary/aromatic N) is 1. The van der Waals surface area contributed by atoms with E-state index in [4.69, 9.17) is 10.2 Å². The Bertz CT molecular complexity index is 274. The van der Waals surface area contributed by atoms with Crippen molar-refractivity contribution in [2.24, 2.45) is 0 Å². The number of hydrogen-bond acceptors (Lipinski definition) is 4. The summed E-state index contributed by atoms with van der Waals surface area (Å²) in [6, 6.07) is 0. The molecule has 0 aliphatic rings. The number of aliphatic hydroxyl groups excluding tert-OH is 1. The van der Waals surface area contributed by atoms with Crippen molar-refractivity contribution < 1.29 is 19.8 Å². The summed E-state index contributed by atoms with van der Waals surface area (Å²) in [6.45, 7) is 3.49. The zero-order chi connectivity index (χ0) is 15.2. The molecule has 0 aromatic heterocycles. The topological polar surface area (TPSA) is 77.8 Å². The van der Waals surface area contributed by atoms with E-state index in [9.17, 15) is 9.59 Å². The van der Waals surface area contributed by atoms with Gasteiger partial charge in [0.1, 0.15) is 0 Å². The number of aliphatic hydroxyl groups is 1. The molecule has 20 heavy (non-hydrogen) atoms. The Morgan fingerprint density at radius 1 is 1.00 bits per heavy atom. The van der Waals surface area contributed by atoms with Crippen molar-refractivity contribution in [1.82, 2.24) is 4.90 Å². The number of unbranched alkanes of at least 4 members (excludes halogenated alkanes) is 4. The second-order valence-electron chi connectivity index (χ2n) is 4.76. The number of amides is 1. The van der Waals surface area contributed by atoms with Crippen molar-refractivity contribution in [3.8, 4) is 0 Å². The molecule has 2 N–H and O–H groups in total. The molecule has 0 aliphatic carbocycles. The predicted molar refractivity (Wildman–Crippen MR) is 82.0 cm³/mol. The Morgan fingerprint density at radius 3 is 2.25 bits per heavy atom. The maximum atomic E-state index is 12.0. The van der Waals surface area contributed by atoms with Gasteiger partial charge in [-0.2, -0.15) is 0 Å². The standard InChI is InChI=1S/C14H27NO4S/c1-2-3-4-5-6-8-15(9-7-10-16)13(17)11-20-12-14(18)19/h16H,2-12H2,1H3,(H,18,19). The van der Waals surface area contributed by atoms with E-state index in [1.807, 2.05) is 0 Å². The maximum absolute atomic E-state index is 12.0. The highest BCUT2D eigenvalue weighted by atomic mass is 32.2. The first-order chi connectivity index (χ1) is 9.61. The van der Waals surface area contributed by atoms with E-state index in [-0.39, 0.29) is 24.0 Å². The molecule has 0 aromatic rings. The van der Waals surface area contributed by atoms with Crippen LogP contribution in [0.25, 0.3) is 0 Å². The fourth-order valence-corrected chi connectivity index (χ4v) is 2.48. The molecule has 6 heteroatoms. The molecule has 0 unspecified atom stereocenters. The third kappa shape index (κ3) is 11.1. The van der Waals surface area contributed by atoms with Gasteiger partial charge in [-0.15, -0.1) is 11.8 Å². The third-order valence-electron chi connectivity index (χ3n) is 2.92. The van der Waals surface area contributed by atoms with Gasteiger partial charge in [-0.05, 0) is 12.8 Å². The van der Waals surface area contributed by atoms with Crippen LogP contribution in [0.3, 0.4) is 0 Å². The van der Waals surface area contributed by atoms with Crippen molar-refractivity contribution in [2.45, 2.75) is 45.4 Å². The van der Waals surface area contributed by atoms with Gasteiger partial charge >= 0.3 is 5.97 Å². The second kappa shape index (κ2) is 13.2. The van der Waals surface area contributed by atoms with Gasteiger partial charge in [-0.3, -0.25) is 9.59 Å². The van der Waals surface area contributed by atoms with Crippen molar-refractivity contribution in [3.05, 3.63) is 0 Å². The summed E-state index contributed by atoms with van der Waals surface area (Å²) in [5.41, 5.74) is 0. The second-order valence-corrected chi connectivity index (χ2v) is 5.74. The largest absolute Gasteiger partial charge is 0.481 e. The van der Waals surface area contributed by atoms with E-state index in [0.717, 1.165) is 24.6 Å². The van der Waals surface area contributed by atoms with Gasteiger partial charge in [-0.25, -0.2) is 0 Å². The van der Waals surface area contributed by atoms with Crippen LogP contribution in [0.15, 0.2) is 0 Å². The number of carboxylic acids is 1. The van der Waals surface area contributed by atoms with Crippen LogP contribution >= 0.6 is 11.8 Å². The average molecular weight is 305 g/mol.